The number of nitrogens with zero attached hydrogens (tertiary/aromatic N) is 3. The number of pyridine rings is 1. The highest BCUT2D eigenvalue weighted by atomic mass is 16.5. The van der Waals surface area contributed by atoms with Crippen LogP contribution in [0.4, 0.5) is 0 Å². The topological polar surface area (TPSA) is 92.3 Å². The highest BCUT2D eigenvalue weighted by molar-refractivity contribution is 5.94. The van der Waals surface area contributed by atoms with Crippen LogP contribution in [0, 0.1) is 0 Å². The van der Waals surface area contributed by atoms with E-state index in [4.69, 9.17) is 4.74 Å². The van der Waals surface area contributed by atoms with Crippen LogP contribution in [0.2, 0.25) is 0 Å². The van der Waals surface area contributed by atoms with E-state index in [2.05, 4.69) is 25.7 Å². The lowest BCUT2D eigenvalue weighted by Crippen LogP contribution is -2.18. The molecule has 2 heterocycles. The van der Waals surface area contributed by atoms with Crippen LogP contribution < -0.4 is 10.2 Å². The average Bonchev–Trinajstić information content (AvgIpc) is 3.12. The maximum absolute atomic E-state index is 12.1. The number of hydrazone groups is 1. The maximum atomic E-state index is 12.1. The number of aromatic amines is 1. The minimum Gasteiger partial charge on any atom is -0.496 e. The smallest absolute Gasteiger partial charge is 0.289 e. The zero-order valence-corrected chi connectivity index (χ0v) is 12.9. The molecular weight excluding hydrogens is 306 g/mol. The average molecular weight is 321 g/mol. The Labute approximate surface area is 138 Å². The van der Waals surface area contributed by atoms with Crippen LogP contribution in [-0.4, -0.2) is 34.4 Å². The molecule has 1 aromatic carbocycles. The van der Waals surface area contributed by atoms with Gasteiger partial charge in [0.05, 0.1) is 19.0 Å². The third-order valence-corrected chi connectivity index (χ3v) is 3.27. The van der Waals surface area contributed by atoms with Crippen LogP contribution >= 0.6 is 0 Å². The van der Waals surface area contributed by atoms with Crippen molar-refractivity contribution in [3.63, 3.8) is 0 Å². The van der Waals surface area contributed by atoms with Crippen molar-refractivity contribution in [3.8, 4) is 17.0 Å². The molecule has 0 radical (unpaired) electrons. The van der Waals surface area contributed by atoms with Crippen LogP contribution in [0.5, 0.6) is 5.75 Å². The van der Waals surface area contributed by atoms with E-state index in [9.17, 15) is 4.79 Å². The third kappa shape index (κ3) is 3.46. The van der Waals surface area contributed by atoms with E-state index in [0.29, 0.717) is 17.1 Å². The fourth-order valence-electron chi connectivity index (χ4n) is 2.11. The molecule has 24 heavy (non-hydrogen) atoms. The number of nitrogens with one attached hydrogen (secondary N) is 2. The Morgan fingerprint density at radius 1 is 1.29 bits per heavy atom. The lowest BCUT2D eigenvalue weighted by atomic mass is 10.1. The lowest BCUT2D eigenvalue weighted by molar-refractivity contribution is 0.0950. The van der Waals surface area contributed by atoms with Gasteiger partial charge in [-0.3, -0.25) is 14.9 Å². The second kappa shape index (κ2) is 7.19. The van der Waals surface area contributed by atoms with E-state index in [-0.39, 0.29) is 5.91 Å². The van der Waals surface area contributed by atoms with Gasteiger partial charge in [-0.05, 0) is 24.3 Å². The monoisotopic (exact) mass is 321 g/mol. The fraction of sp³-hybridized carbons (Fsp3) is 0.0588. The zero-order valence-electron chi connectivity index (χ0n) is 12.9. The number of para-hydroxylation sites is 1. The lowest BCUT2D eigenvalue weighted by Gasteiger charge is -2.04. The molecular formula is C17H15N5O2. The number of methoxy groups -OCH3 is 1. The molecule has 3 aromatic rings. The summed E-state index contributed by atoms with van der Waals surface area (Å²) < 4.78 is 5.30. The van der Waals surface area contributed by atoms with Crippen molar-refractivity contribution in [1.29, 1.82) is 0 Å². The molecule has 0 aliphatic carbocycles. The molecule has 0 fully saturated rings. The Bertz CT molecular complexity index is 858. The number of carbonyl (C=O) groups is 1. The van der Waals surface area contributed by atoms with Crippen LogP contribution in [0.1, 0.15) is 16.1 Å². The summed E-state index contributed by atoms with van der Waals surface area (Å²) in [5, 5.41) is 10.8. The number of hydrogen-bond acceptors (Lipinski definition) is 5. The summed E-state index contributed by atoms with van der Waals surface area (Å²) in [5.74, 6) is 0.300. The summed E-state index contributed by atoms with van der Waals surface area (Å²) in [4.78, 5) is 16.1. The number of benzene rings is 1. The number of carbonyl (C=O) groups excluding carboxylic acids is 1. The number of hydrogen-bond donors (Lipinski definition) is 2. The van der Waals surface area contributed by atoms with Gasteiger partial charge in [-0.25, -0.2) is 5.43 Å². The predicted molar refractivity (Wildman–Crippen MR) is 89.9 cm³/mol. The van der Waals surface area contributed by atoms with Gasteiger partial charge < -0.3 is 4.74 Å². The fourth-order valence-corrected chi connectivity index (χ4v) is 2.11. The summed E-state index contributed by atoms with van der Waals surface area (Å²) >= 11 is 0. The molecule has 0 spiro atoms. The van der Waals surface area contributed by atoms with Crippen molar-refractivity contribution >= 4 is 12.1 Å². The van der Waals surface area contributed by atoms with Gasteiger partial charge in [-0.2, -0.15) is 10.2 Å². The van der Waals surface area contributed by atoms with E-state index in [1.54, 1.807) is 31.6 Å². The summed E-state index contributed by atoms with van der Waals surface area (Å²) in [7, 11) is 1.59. The van der Waals surface area contributed by atoms with Gasteiger partial charge in [0, 0.05) is 23.5 Å². The summed E-state index contributed by atoms with van der Waals surface area (Å²) in [5.41, 5.74) is 4.95. The standard InChI is InChI=1S/C17H15N5O2/c1-24-16-7-3-2-6-13(16)14-9-15(21-20-14)17(23)22-19-11-12-5-4-8-18-10-12/h2-11H,1H3,(H,20,21)(H,22,23). The molecule has 0 bridgehead atoms. The third-order valence-electron chi connectivity index (χ3n) is 3.27. The van der Waals surface area contributed by atoms with Gasteiger partial charge in [0.1, 0.15) is 11.4 Å². The van der Waals surface area contributed by atoms with Crippen molar-refractivity contribution in [2.45, 2.75) is 0 Å². The largest absolute Gasteiger partial charge is 0.496 e. The highest BCUT2D eigenvalue weighted by Gasteiger charge is 2.13. The Balaban J connectivity index is 1.71. The van der Waals surface area contributed by atoms with E-state index < -0.39 is 0 Å². The highest BCUT2D eigenvalue weighted by Crippen LogP contribution is 2.28. The summed E-state index contributed by atoms with van der Waals surface area (Å²) in [6, 6.07) is 12.7. The predicted octanol–water partition coefficient (Wildman–Crippen LogP) is 2.24. The van der Waals surface area contributed by atoms with Gasteiger partial charge in [-0.15, -0.1) is 0 Å². The first-order chi connectivity index (χ1) is 11.8. The quantitative estimate of drug-likeness (QED) is 0.557. The van der Waals surface area contributed by atoms with Crippen LogP contribution in [0.15, 0.2) is 60.0 Å². The molecule has 0 aliphatic rings. The van der Waals surface area contributed by atoms with Crippen molar-refractivity contribution < 1.29 is 9.53 Å². The second-order valence-corrected chi connectivity index (χ2v) is 4.85. The number of H-pyrrole nitrogens is 1. The zero-order chi connectivity index (χ0) is 16.8. The molecule has 1 amide bonds. The van der Waals surface area contributed by atoms with Crippen LogP contribution in [-0.2, 0) is 0 Å². The minimum absolute atomic E-state index is 0.305. The van der Waals surface area contributed by atoms with Gasteiger partial charge in [0.2, 0.25) is 0 Å². The van der Waals surface area contributed by atoms with Gasteiger partial charge in [0.25, 0.3) is 5.91 Å². The van der Waals surface area contributed by atoms with Gasteiger partial charge >= 0.3 is 0 Å². The Kier molecular flexibility index (Phi) is 4.62. The van der Waals surface area contributed by atoms with Crippen molar-refractivity contribution in [3.05, 3.63) is 66.1 Å². The van der Waals surface area contributed by atoms with Gasteiger partial charge in [0.15, 0.2) is 0 Å². The molecule has 0 unspecified atom stereocenters. The van der Waals surface area contributed by atoms with Gasteiger partial charge in [-0.1, -0.05) is 18.2 Å². The SMILES string of the molecule is COc1ccccc1-c1cc(C(=O)NN=Cc2cccnc2)[nH]n1. The van der Waals surface area contributed by atoms with E-state index in [1.165, 1.54) is 6.21 Å². The van der Waals surface area contributed by atoms with Crippen molar-refractivity contribution in [2.75, 3.05) is 7.11 Å². The second-order valence-electron chi connectivity index (χ2n) is 4.85. The summed E-state index contributed by atoms with van der Waals surface area (Å²) in [6.07, 6.45) is 4.83. The normalized spacial score (nSPS) is 10.7. The van der Waals surface area contributed by atoms with Crippen LogP contribution in [0.25, 0.3) is 11.3 Å². The first-order valence-electron chi connectivity index (χ1n) is 7.20. The molecule has 0 atom stereocenters. The minimum atomic E-state index is -0.385. The molecule has 7 heteroatoms. The van der Waals surface area contributed by atoms with Crippen molar-refractivity contribution in [1.82, 2.24) is 20.6 Å². The molecule has 3 rings (SSSR count). The summed E-state index contributed by atoms with van der Waals surface area (Å²) in [6.45, 7) is 0. The number of amides is 1. The molecule has 7 nitrogen and oxygen atoms in total. The molecule has 0 aliphatic heterocycles. The van der Waals surface area contributed by atoms with E-state index >= 15 is 0 Å². The Hall–Kier alpha value is -3.48. The Morgan fingerprint density at radius 2 is 2.17 bits per heavy atom. The maximum Gasteiger partial charge on any atom is 0.289 e. The first-order valence-corrected chi connectivity index (χ1v) is 7.20. The first kappa shape index (κ1) is 15.4. The number of aromatic nitrogens is 3. The van der Waals surface area contributed by atoms with Crippen molar-refractivity contribution in [2.24, 2.45) is 5.10 Å². The van der Waals surface area contributed by atoms with E-state index in [0.717, 1.165) is 11.1 Å². The molecule has 0 saturated carbocycles. The molecule has 2 aromatic heterocycles. The van der Waals surface area contributed by atoms with E-state index in [1.807, 2.05) is 30.3 Å². The number of ether oxygens (including phenoxy) is 1. The molecule has 2 N–H and O–H groups in total. The number of rotatable bonds is 5. The molecule has 120 valence electrons. The van der Waals surface area contributed by atoms with Crippen LogP contribution in [0.3, 0.4) is 0 Å². The Morgan fingerprint density at radius 3 is 2.96 bits per heavy atom. The molecule has 0 saturated heterocycles.